The molecule has 5 heteroatoms. The number of pyridine rings is 1. The van der Waals surface area contributed by atoms with Gasteiger partial charge in [0.05, 0.1) is 7.11 Å². The minimum atomic E-state index is 0.715. The zero-order valence-corrected chi connectivity index (χ0v) is 11.3. The van der Waals surface area contributed by atoms with Gasteiger partial charge < -0.3 is 4.74 Å². The van der Waals surface area contributed by atoms with Gasteiger partial charge in [-0.3, -0.25) is 0 Å². The van der Waals surface area contributed by atoms with Crippen LogP contribution in [0.2, 0.25) is 0 Å². The monoisotopic (exact) mass is 303 g/mol. The molecule has 0 bridgehead atoms. The van der Waals surface area contributed by atoms with E-state index in [1.54, 1.807) is 7.11 Å². The van der Waals surface area contributed by atoms with Crippen LogP contribution >= 0.6 is 15.9 Å². The number of ether oxygens (including phenoxy) is 1. The third kappa shape index (κ3) is 1.76. The summed E-state index contributed by atoms with van der Waals surface area (Å²) < 4.78 is 8.25. The molecule has 0 radical (unpaired) electrons. The van der Waals surface area contributed by atoms with E-state index in [4.69, 9.17) is 4.74 Å². The van der Waals surface area contributed by atoms with Crippen LogP contribution in [0.4, 0.5) is 0 Å². The minimum absolute atomic E-state index is 0.715. The van der Waals surface area contributed by atoms with Crippen molar-refractivity contribution in [2.45, 2.75) is 0 Å². The molecule has 90 valence electrons. The predicted molar refractivity (Wildman–Crippen MR) is 72.7 cm³/mol. The molecule has 0 aliphatic carbocycles. The number of fused-ring (bicyclic) bond motifs is 1. The molecule has 0 unspecified atom stereocenters. The average molecular weight is 304 g/mol. The molecule has 0 saturated heterocycles. The van der Waals surface area contributed by atoms with E-state index in [2.05, 4.69) is 26.1 Å². The van der Waals surface area contributed by atoms with Gasteiger partial charge in [0.25, 0.3) is 0 Å². The molecule has 1 aromatic carbocycles. The molecule has 3 rings (SSSR count). The Balaban J connectivity index is 2.30. The molecule has 0 aliphatic rings. The Morgan fingerprint density at radius 3 is 2.72 bits per heavy atom. The Hall–Kier alpha value is -1.88. The second kappa shape index (κ2) is 4.42. The molecule has 0 atom stereocenters. The number of halogens is 1. The van der Waals surface area contributed by atoms with Crippen LogP contribution in [0.3, 0.4) is 0 Å². The van der Waals surface area contributed by atoms with E-state index in [1.807, 2.05) is 46.9 Å². The van der Waals surface area contributed by atoms with Crippen molar-refractivity contribution in [3.63, 3.8) is 0 Å². The quantitative estimate of drug-likeness (QED) is 0.730. The van der Waals surface area contributed by atoms with Gasteiger partial charge >= 0.3 is 0 Å². The summed E-state index contributed by atoms with van der Waals surface area (Å²) in [6.07, 6.45) is 0. The Labute approximate surface area is 112 Å². The molecule has 18 heavy (non-hydrogen) atoms. The molecule has 3 aromatic rings. The molecule has 0 N–H and O–H groups in total. The lowest BCUT2D eigenvalue weighted by Gasteiger charge is -2.06. The second-order valence-corrected chi connectivity index (χ2v) is 4.71. The van der Waals surface area contributed by atoms with Gasteiger partial charge in [0.1, 0.15) is 0 Å². The molecule has 0 saturated carbocycles. The summed E-state index contributed by atoms with van der Waals surface area (Å²) in [5.74, 6) is 1.48. The van der Waals surface area contributed by atoms with Crippen molar-refractivity contribution in [3.05, 3.63) is 46.9 Å². The van der Waals surface area contributed by atoms with Crippen molar-refractivity contribution in [3.8, 4) is 17.3 Å². The van der Waals surface area contributed by atoms with Crippen LogP contribution in [0.25, 0.3) is 17.0 Å². The summed E-state index contributed by atoms with van der Waals surface area (Å²) in [7, 11) is 1.64. The normalized spacial score (nSPS) is 10.8. The highest BCUT2D eigenvalue weighted by molar-refractivity contribution is 9.10. The number of benzene rings is 1. The van der Waals surface area contributed by atoms with Crippen molar-refractivity contribution >= 4 is 21.6 Å². The zero-order chi connectivity index (χ0) is 12.5. The van der Waals surface area contributed by atoms with Crippen LogP contribution in [0.15, 0.2) is 46.9 Å². The van der Waals surface area contributed by atoms with E-state index in [0.29, 0.717) is 5.88 Å². The van der Waals surface area contributed by atoms with E-state index in [-0.39, 0.29) is 0 Å². The maximum atomic E-state index is 5.35. The topological polar surface area (TPSA) is 39.4 Å². The van der Waals surface area contributed by atoms with E-state index in [9.17, 15) is 0 Å². The van der Waals surface area contributed by atoms with Gasteiger partial charge in [-0.15, -0.1) is 10.2 Å². The van der Waals surface area contributed by atoms with Gasteiger partial charge in [0, 0.05) is 10.0 Å². The van der Waals surface area contributed by atoms with Crippen molar-refractivity contribution in [2.75, 3.05) is 7.11 Å². The van der Waals surface area contributed by atoms with Crippen LogP contribution < -0.4 is 4.74 Å². The largest absolute Gasteiger partial charge is 0.482 e. The van der Waals surface area contributed by atoms with Gasteiger partial charge in [-0.25, -0.2) is 4.40 Å². The number of hydrogen-bond donors (Lipinski definition) is 0. The number of nitrogens with zero attached hydrogens (tertiary/aromatic N) is 3. The van der Waals surface area contributed by atoms with Crippen molar-refractivity contribution in [1.82, 2.24) is 14.6 Å². The first kappa shape index (κ1) is 11.2. The van der Waals surface area contributed by atoms with E-state index in [0.717, 1.165) is 21.5 Å². The smallest absolute Gasteiger partial charge is 0.200 e. The summed E-state index contributed by atoms with van der Waals surface area (Å²) in [4.78, 5) is 0. The molecule has 4 nitrogen and oxygen atoms in total. The fourth-order valence-corrected chi connectivity index (χ4v) is 2.29. The Morgan fingerprint density at radius 2 is 1.94 bits per heavy atom. The van der Waals surface area contributed by atoms with Gasteiger partial charge in [-0.05, 0) is 24.3 Å². The van der Waals surface area contributed by atoms with E-state index >= 15 is 0 Å². The number of methoxy groups -OCH3 is 1. The maximum Gasteiger partial charge on any atom is 0.200 e. The lowest BCUT2D eigenvalue weighted by atomic mass is 10.2. The second-order valence-electron chi connectivity index (χ2n) is 3.80. The Kier molecular flexibility index (Phi) is 2.76. The van der Waals surface area contributed by atoms with Gasteiger partial charge in [-0.2, -0.15) is 0 Å². The van der Waals surface area contributed by atoms with Crippen LogP contribution in [0.5, 0.6) is 5.88 Å². The van der Waals surface area contributed by atoms with Crippen molar-refractivity contribution < 1.29 is 4.74 Å². The summed E-state index contributed by atoms with van der Waals surface area (Å²) >= 11 is 3.46. The first-order chi connectivity index (χ1) is 8.79. The lowest BCUT2D eigenvalue weighted by Crippen LogP contribution is -1.95. The van der Waals surface area contributed by atoms with Gasteiger partial charge in [0.15, 0.2) is 11.5 Å². The Morgan fingerprint density at radius 1 is 1.11 bits per heavy atom. The lowest BCUT2D eigenvalue weighted by molar-refractivity contribution is 0.393. The van der Waals surface area contributed by atoms with Crippen LogP contribution in [0.1, 0.15) is 0 Å². The molecule has 0 aliphatic heterocycles. The average Bonchev–Trinajstić information content (AvgIpc) is 2.82. The van der Waals surface area contributed by atoms with Crippen LogP contribution in [0, 0.1) is 0 Å². The first-order valence-corrected chi connectivity index (χ1v) is 6.23. The molecule has 0 fully saturated rings. The highest BCUT2D eigenvalue weighted by atomic mass is 79.9. The third-order valence-electron chi connectivity index (χ3n) is 2.68. The highest BCUT2D eigenvalue weighted by Crippen LogP contribution is 2.25. The fourth-order valence-electron chi connectivity index (χ4n) is 1.89. The molecular formula is C13H10BrN3O. The summed E-state index contributed by atoms with van der Waals surface area (Å²) in [6.45, 7) is 0. The van der Waals surface area contributed by atoms with Crippen molar-refractivity contribution in [1.29, 1.82) is 0 Å². The maximum absolute atomic E-state index is 5.35. The predicted octanol–water partition coefficient (Wildman–Crippen LogP) is 3.17. The van der Waals surface area contributed by atoms with Crippen LogP contribution in [-0.2, 0) is 0 Å². The molecular weight excluding hydrogens is 294 g/mol. The standard InChI is InChI=1S/C13H10BrN3O/c1-18-12-7-3-6-11-15-16-13(17(11)12)9-4-2-5-10(14)8-9/h2-8H,1H3. The molecule has 2 heterocycles. The highest BCUT2D eigenvalue weighted by Gasteiger charge is 2.11. The summed E-state index contributed by atoms with van der Waals surface area (Å²) in [6, 6.07) is 13.6. The molecule has 2 aromatic heterocycles. The van der Waals surface area contributed by atoms with E-state index in [1.165, 1.54) is 0 Å². The van der Waals surface area contributed by atoms with Gasteiger partial charge in [-0.1, -0.05) is 34.1 Å². The number of hydrogen-bond acceptors (Lipinski definition) is 3. The van der Waals surface area contributed by atoms with E-state index < -0.39 is 0 Å². The first-order valence-electron chi connectivity index (χ1n) is 5.43. The molecule has 0 amide bonds. The fraction of sp³-hybridized carbons (Fsp3) is 0.0769. The number of aromatic nitrogens is 3. The minimum Gasteiger partial charge on any atom is -0.482 e. The van der Waals surface area contributed by atoms with Gasteiger partial charge in [0.2, 0.25) is 5.88 Å². The Bertz CT molecular complexity index is 708. The SMILES string of the molecule is COc1cccc2nnc(-c3cccc(Br)c3)n12. The molecule has 0 spiro atoms. The summed E-state index contributed by atoms with van der Waals surface area (Å²) in [5, 5.41) is 8.38. The third-order valence-corrected chi connectivity index (χ3v) is 3.18. The zero-order valence-electron chi connectivity index (χ0n) is 9.67. The number of rotatable bonds is 2. The van der Waals surface area contributed by atoms with Crippen molar-refractivity contribution in [2.24, 2.45) is 0 Å². The summed E-state index contributed by atoms with van der Waals surface area (Å²) in [5.41, 5.74) is 1.76. The van der Waals surface area contributed by atoms with Crippen LogP contribution in [-0.4, -0.2) is 21.7 Å².